The third kappa shape index (κ3) is 2.01. The van der Waals surface area contributed by atoms with Crippen LogP contribution < -0.4 is 10.5 Å². The van der Waals surface area contributed by atoms with Crippen LogP contribution in [-0.4, -0.2) is 17.1 Å². The molecule has 2 rings (SSSR count). The molecule has 0 atom stereocenters. The Bertz CT molecular complexity index is 594. The molecule has 1 heterocycles. The van der Waals surface area contributed by atoms with Crippen molar-refractivity contribution in [3.63, 3.8) is 0 Å². The maximum atomic E-state index is 5.64. The molecule has 0 saturated carbocycles. The molecule has 0 aliphatic rings. The Balaban J connectivity index is 2.69. The van der Waals surface area contributed by atoms with Crippen LogP contribution in [0.1, 0.15) is 16.7 Å². The van der Waals surface area contributed by atoms with E-state index in [1.807, 2.05) is 26.0 Å². The molecule has 2 N–H and O–H groups in total. The van der Waals surface area contributed by atoms with Gasteiger partial charge in [-0.2, -0.15) is 0 Å². The minimum Gasteiger partial charge on any atom is -0.496 e. The number of hydrogen-bond donors (Lipinski definition) is 1. The lowest BCUT2D eigenvalue weighted by Crippen LogP contribution is -2.00. The molecule has 4 heteroatoms. The van der Waals surface area contributed by atoms with Gasteiger partial charge in [-0.15, -0.1) is 0 Å². The van der Waals surface area contributed by atoms with Crippen LogP contribution in [-0.2, 0) is 0 Å². The first-order valence-electron chi connectivity index (χ1n) is 5.78. The van der Waals surface area contributed by atoms with Gasteiger partial charge in [0.1, 0.15) is 5.75 Å². The number of nitrogens with zero attached hydrogens (tertiary/aromatic N) is 2. The summed E-state index contributed by atoms with van der Waals surface area (Å²) in [6.07, 6.45) is 1.68. The monoisotopic (exact) mass is 243 g/mol. The number of methoxy groups -OCH3 is 1. The molecule has 0 amide bonds. The first-order valence-corrected chi connectivity index (χ1v) is 5.78. The first-order chi connectivity index (χ1) is 8.54. The largest absolute Gasteiger partial charge is 0.496 e. The summed E-state index contributed by atoms with van der Waals surface area (Å²) in [4.78, 5) is 8.21. The van der Waals surface area contributed by atoms with Crippen molar-refractivity contribution in [2.45, 2.75) is 20.8 Å². The molecule has 0 aliphatic heterocycles. The minimum absolute atomic E-state index is 0.291. The first kappa shape index (κ1) is 12.4. The van der Waals surface area contributed by atoms with Gasteiger partial charge in [-0.25, -0.2) is 9.97 Å². The van der Waals surface area contributed by atoms with Crippen LogP contribution in [0, 0.1) is 20.8 Å². The Morgan fingerprint density at radius 3 is 2.50 bits per heavy atom. The van der Waals surface area contributed by atoms with Gasteiger partial charge in [0.2, 0.25) is 5.95 Å². The van der Waals surface area contributed by atoms with E-state index < -0.39 is 0 Å². The van der Waals surface area contributed by atoms with Crippen molar-refractivity contribution < 1.29 is 4.74 Å². The molecule has 0 spiro atoms. The maximum Gasteiger partial charge on any atom is 0.220 e. The van der Waals surface area contributed by atoms with Crippen molar-refractivity contribution in [3.8, 4) is 17.0 Å². The van der Waals surface area contributed by atoms with E-state index in [2.05, 4.69) is 16.9 Å². The number of ether oxygens (including phenoxy) is 1. The van der Waals surface area contributed by atoms with E-state index in [0.29, 0.717) is 5.95 Å². The molecular formula is C14H17N3O. The zero-order valence-electron chi connectivity index (χ0n) is 11.1. The highest BCUT2D eigenvalue weighted by atomic mass is 16.5. The van der Waals surface area contributed by atoms with Gasteiger partial charge >= 0.3 is 0 Å². The number of rotatable bonds is 2. The average molecular weight is 243 g/mol. The van der Waals surface area contributed by atoms with Gasteiger partial charge in [0.05, 0.1) is 12.8 Å². The van der Waals surface area contributed by atoms with E-state index in [4.69, 9.17) is 10.5 Å². The molecule has 1 aromatic carbocycles. The van der Waals surface area contributed by atoms with Crippen molar-refractivity contribution in [1.82, 2.24) is 9.97 Å². The van der Waals surface area contributed by atoms with E-state index in [1.165, 1.54) is 0 Å². The normalized spacial score (nSPS) is 10.4. The Morgan fingerprint density at radius 1 is 1.17 bits per heavy atom. The van der Waals surface area contributed by atoms with E-state index in [-0.39, 0.29) is 0 Å². The highest BCUT2D eigenvalue weighted by Gasteiger charge is 2.13. The quantitative estimate of drug-likeness (QED) is 0.880. The summed E-state index contributed by atoms with van der Waals surface area (Å²) in [6.45, 7) is 6.16. The smallest absolute Gasteiger partial charge is 0.220 e. The standard InChI is InChI=1S/C14H17N3O/c1-8-7-12(18-4)9(2)10(3)13(8)11-5-6-16-14(15)17-11/h5-7H,1-4H3,(H2,15,16,17). The van der Waals surface area contributed by atoms with Gasteiger partial charge in [0, 0.05) is 11.8 Å². The van der Waals surface area contributed by atoms with Crippen LogP contribution in [0.4, 0.5) is 5.95 Å². The average Bonchev–Trinajstić information content (AvgIpc) is 2.34. The lowest BCUT2D eigenvalue weighted by atomic mass is 9.95. The van der Waals surface area contributed by atoms with Gasteiger partial charge in [-0.1, -0.05) is 0 Å². The number of nitrogen functional groups attached to an aromatic ring is 1. The summed E-state index contributed by atoms with van der Waals surface area (Å²) < 4.78 is 5.36. The fourth-order valence-electron chi connectivity index (χ4n) is 2.16. The second-order valence-corrected chi connectivity index (χ2v) is 4.32. The lowest BCUT2D eigenvalue weighted by Gasteiger charge is -2.15. The number of benzene rings is 1. The molecule has 0 fully saturated rings. The van der Waals surface area contributed by atoms with Crippen molar-refractivity contribution in [3.05, 3.63) is 35.0 Å². The second kappa shape index (κ2) is 4.64. The summed E-state index contributed by atoms with van der Waals surface area (Å²) in [7, 11) is 1.68. The number of aromatic nitrogens is 2. The van der Waals surface area contributed by atoms with E-state index in [1.54, 1.807) is 13.3 Å². The van der Waals surface area contributed by atoms with Crippen LogP contribution >= 0.6 is 0 Å². The molecule has 2 aromatic rings. The van der Waals surface area contributed by atoms with Crippen molar-refractivity contribution in [2.75, 3.05) is 12.8 Å². The predicted octanol–water partition coefficient (Wildman–Crippen LogP) is 2.66. The van der Waals surface area contributed by atoms with Crippen molar-refractivity contribution >= 4 is 5.95 Å². The molecular weight excluding hydrogens is 226 g/mol. The topological polar surface area (TPSA) is 61.0 Å². The molecule has 18 heavy (non-hydrogen) atoms. The van der Waals surface area contributed by atoms with Crippen LogP contribution in [0.3, 0.4) is 0 Å². The summed E-state index contributed by atoms with van der Waals surface area (Å²) >= 11 is 0. The third-order valence-electron chi connectivity index (χ3n) is 3.20. The molecule has 0 unspecified atom stereocenters. The third-order valence-corrected chi connectivity index (χ3v) is 3.20. The summed E-state index contributed by atoms with van der Waals surface area (Å²) in [5.41, 5.74) is 11.0. The molecule has 0 saturated heterocycles. The van der Waals surface area contributed by atoms with Crippen molar-refractivity contribution in [2.24, 2.45) is 0 Å². The SMILES string of the molecule is COc1cc(C)c(-c2ccnc(N)n2)c(C)c1C. The predicted molar refractivity (Wildman–Crippen MR) is 72.6 cm³/mol. The highest BCUT2D eigenvalue weighted by Crippen LogP contribution is 2.33. The molecule has 0 aliphatic carbocycles. The molecule has 0 bridgehead atoms. The molecule has 4 nitrogen and oxygen atoms in total. The zero-order chi connectivity index (χ0) is 13.3. The minimum atomic E-state index is 0.291. The highest BCUT2D eigenvalue weighted by molar-refractivity contribution is 5.71. The fourth-order valence-corrected chi connectivity index (χ4v) is 2.16. The second-order valence-electron chi connectivity index (χ2n) is 4.32. The van der Waals surface area contributed by atoms with Crippen LogP contribution in [0.25, 0.3) is 11.3 Å². The number of anilines is 1. The Morgan fingerprint density at radius 2 is 1.89 bits per heavy atom. The Hall–Kier alpha value is -2.10. The number of hydrogen-bond acceptors (Lipinski definition) is 4. The Labute approximate surface area is 107 Å². The lowest BCUT2D eigenvalue weighted by molar-refractivity contribution is 0.411. The summed E-state index contributed by atoms with van der Waals surface area (Å²) in [6, 6.07) is 3.90. The van der Waals surface area contributed by atoms with E-state index in [9.17, 15) is 0 Å². The van der Waals surface area contributed by atoms with Gasteiger partial charge in [-0.3, -0.25) is 0 Å². The zero-order valence-corrected chi connectivity index (χ0v) is 11.1. The van der Waals surface area contributed by atoms with Crippen molar-refractivity contribution in [1.29, 1.82) is 0 Å². The Kier molecular flexibility index (Phi) is 3.19. The van der Waals surface area contributed by atoms with Crippen LogP contribution in [0.2, 0.25) is 0 Å². The summed E-state index contributed by atoms with van der Waals surface area (Å²) in [5.74, 6) is 1.19. The number of nitrogens with two attached hydrogens (primary N) is 1. The maximum absolute atomic E-state index is 5.64. The molecule has 1 aromatic heterocycles. The van der Waals surface area contributed by atoms with Gasteiger partial charge in [0.25, 0.3) is 0 Å². The summed E-state index contributed by atoms with van der Waals surface area (Å²) in [5, 5.41) is 0. The van der Waals surface area contributed by atoms with E-state index in [0.717, 1.165) is 33.7 Å². The van der Waals surface area contributed by atoms with E-state index >= 15 is 0 Å². The van der Waals surface area contributed by atoms with Gasteiger partial charge in [-0.05, 0) is 49.6 Å². The van der Waals surface area contributed by atoms with Gasteiger partial charge < -0.3 is 10.5 Å². The molecule has 94 valence electrons. The van der Waals surface area contributed by atoms with Gasteiger partial charge in [0.15, 0.2) is 0 Å². The van der Waals surface area contributed by atoms with Crippen LogP contribution in [0.15, 0.2) is 18.3 Å². The fraction of sp³-hybridized carbons (Fsp3) is 0.286. The number of aryl methyl sites for hydroxylation is 1. The molecule has 0 radical (unpaired) electrons. The van der Waals surface area contributed by atoms with Crippen LogP contribution in [0.5, 0.6) is 5.75 Å².